The van der Waals surface area contributed by atoms with Crippen LogP contribution in [-0.2, 0) is 24.0 Å². The molecule has 0 aliphatic carbocycles. The van der Waals surface area contributed by atoms with E-state index in [0.29, 0.717) is 24.4 Å². The average Bonchev–Trinajstić information content (AvgIpc) is 3.69. The van der Waals surface area contributed by atoms with E-state index in [-0.39, 0.29) is 52.8 Å². The zero-order valence-corrected chi connectivity index (χ0v) is 32.1. The van der Waals surface area contributed by atoms with Gasteiger partial charge in [0.05, 0.1) is 17.5 Å². The summed E-state index contributed by atoms with van der Waals surface area (Å²) >= 11 is 6.10. The van der Waals surface area contributed by atoms with Gasteiger partial charge in [0, 0.05) is 29.6 Å². The summed E-state index contributed by atoms with van der Waals surface area (Å²) in [6.07, 6.45) is 3.63. The predicted molar refractivity (Wildman–Crippen MR) is 204 cm³/mol. The molecule has 0 aromatic heterocycles. The van der Waals surface area contributed by atoms with Crippen molar-refractivity contribution < 1.29 is 22.4 Å². The Morgan fingerprint density at radius 1 is 0.922 bits per heavy atom. The third-order valence-corrected chi connectivity index (χ3v) is 15.1. The van der Waals surface area contributed by atoms with Crippen molar-refractivity contribution in [3.63, 3.8) is 0 Å². The lowest BCUT2D eigenvalue weighted by Gasteiger charge is -2.41. The van der Waals surface area contributed by atoms with Gasteiger partial charge in [-0.05, 0) is 82.9 Å². The van der Waals surface area contributed by atoms with Gasteiger partial charge >= 0.3 is 0 Å². The molecule has 2 amide bonds. The molecule has 3 fully saturated rings. The lowest BCUT2D eigenvalue weighted by Crippen LogP contribution is -2.55. The highest BCUT2D eigenvalue weighted by atomic mass is 35.5. The van der Waals surface area contributed by atoms with Crippen molar-refractivity contribution in [2.75, 3.05) is 13.1 Å². The maximum absolute atomic E-state index is 14.1. The topological polar surface area (TPSA) is 96.0 Å². The van der Waals surface area contributed by atoms with Gasteiger partial charge in [-0.3, -0.25) is 9.59 Å². The first-order valence-corrected chi connectivity index (χ1v) is 21.4. The number of sulfonamides is 1. The number of nitrogens with zero attached hydrogens (tertiary/aromatic N) is 2. The molecule has 0 radical (unpaired) electrons. The van der Waals surface area contributed by atoms with Crippen molar-refractivity contribution in [1.82, 2.24) is 14.5 Å². The Balaban J connectivity index is 1.05. The highest BCUT2D eigenvalue weighted by Gasteiger charge is 2.54. The summed E-state index contributed by atoms with van der Waals surface area (Å²) in [5.41, 5.74) is -0.163. The molecule has 51 heavy (non-hydrogen) atoms. The summed E-state index contributed by atoms with van der Waals surface area (Å²) in [5, 5.41) is 4.59. The fourth-order valence-electron chi connectivity index (χ4n) is 8.52. The molecule has 8 nitrogen and oxygen atoms in total. The summed E-state index contributed by atoms with van der Waals surface area (Å²) < 4.78 is 36.8. The van der Waals surface area contributed by atoms with E-state index < -0.39 is 25.1 Å². The van der Waals surface area contributed by atoms with Crippen LogP contribution in [0.1, 0.15) is 52.9 Å². The van der Waals surface area contributed by atoms with Crippen LogP contribution in [0, 0.1) is 11.3 Å². The quantitative estimate of drug-likeness (QED) is 0.228. The number of carbonyl (C=O) groups excluding carboxylic acids is 2. The molecule has 3 aliphatic rings. The number of halogens is 1. The number of piperidine rings is 1. The lowest BCUT2D eigenvalue weighted by molar-refractivity contribution is -0.144. The number of carbonyl (C=O) groups is 2. The average molecular weight is 744 g/mol. The van der Waals surface area contributed by atoms with Crippen LogP contribution < -0.4 is 15.1 Å². The van der Waals surface area contributed by atoms with Crippen molar-refractivity contribution in [3.8, 4) is 0 Å². The summed E-state index contributed by atoms with van der Waals surface area (Å²) in [6.45, 7) is 7.07. The van der Waals surface area contributed by atoms with Crippen LogP contribution in [0.25, 0.3) is 10.8 Å². The number of likely N-dealkylation sites (tertiary alicyclic amines) is 1. The van der Waals surface area contributed by atoms with Crippen molar-refractivity contribution in [2.45, 2.75) is 82.0 Å². The standard InChI is InChI=1S/C40H46ClN3O5SSi/c1-40(2,3)38(49-51(32-11-6-4-7-12-32)33-13-8-5-9-14-33)34-25-30-19-21-36(34)44(30)37(45)26-43-22-10-15-35(39(43)46)42-50(47,48)31-20-17-27-23-29(41)18-16-28(27)24-31/h4-9,11-14,16-18,20,23-24,30,34-36,38,42,51H,10,15,19,21-22,25-26H2,1-3H3/t30-,34-,35-,36+,38?/m0/s1. The van der Waals surface area contributed by atoms with Gasteiger partial charge in [-0.1, -0.05) is 105 Å². The van der Waals surface area contributed by atoms with E-state index in [1.165, 1.54) is 16.4 Å². The van der Waals surface area contributed by atoms with Gasteiger partial charge in [-0.15, -0.1) is 0 Å². The van der Waals surface area contributed by atoms with Crippen LogP contribution in [-0.4, -0.2) is 76.4 Å². The van der Waals surface area contributed by atoms with E-state index in [1.807, 2.05) is 17.0 Å². The van der Waals surface area contributed by atoms with Gasteiger partial charge in [0.2, 0.25) is 30.9 Å². The summed E-state index contributed by atoms with van der Waals surface area (Å²) in [6, 6.07) is 30.3. The third kappa shape index (κ3) is 7.53. The second kappa shape index (κ2) is 14.5. The van der Waals surface area contributed by atoms with Crippen molar-refractivity contribution in [2.24, 2.45) is 11.3 Å². The van der Waals surface area contributed by atoms with Gasteiger partial charge in [0.25, 0.3) is 0 Å². The maximum atomic E-state index is 14.1. The smallest absolute Gasteiger partial charge is 0.242 e. The molecule has 7 rings (SSSR count). The van der Waals surface area contributed by atoms with Crippen LogP contribution in [0.15, 0.2) is 102 Å². The fourth-order valence-corrected chi connectivity index (χ4v) is 12.7. The van der Waals surface area contributed by atoms with Crippen LogP contribution in [0.5, 0.6) is 0 Å². The Morgan fingerprint density at radius 3 is 2.24 bits per heavy atom. The van der Waals surface area contributed by atoms with Crippen LogP contribution >= 0.6 is 11.6 Å². The van der Waals surface area contributed by atoms with Crippen LogP contribution in [0.4, 0.5) is 0 Å². The summed E-state index contributed by atoms with van der Waals surface area (Å²) in [7, 11) is -6.04. The van der Waals surface area contributed by atoms with Crippen LogP contribution in [0.3, 0.4) is 0 Å². The molecule has 3 saturated heterocycles. The number of nitrogens with one attached hydrogen (secondary N) is 1. The summed E-state index contributed by atoms with van der Waals surface area (Å²) in [5.74, 6) is -0.253. The Labute approximate surface area is 307 Å². The highest BCUT2D eigenvalue weighted by Crippen LogP contribution is 2.47. The maximum Gasteiger partial charge on any atom is 0.242 e. The highest BCUT2D eigenvalue weighted by molar-refractivity contribution is 7.89. The van der Waals surface area contributed by atoms with E-state index >= 15 is 0 Å². The Bertz CT molecular complexity index is 1970. The largest absolute Gasteiger partial charge is 0.407 e. The molecule has 2 bridgehead atoms. The van der Waals surface area contributed by atoms with Gasteiger partial charge in [0.1, 0.15) is 6.04 Å². The molecule has 4 aromatic carbocycles. The molecule has 3 aliphatic heterocycles. The van der Waals surface area contributed by atoms with E-state index in [2.05, 4.69) is 74.0 Å². The Morgan fingerprint density at radius 2 is 1.57 bits per heavy atom. The minimum Gasteiger partial charge on any atom is -0.407 e. The van der Waals surface area contributed by atoms with E-state index in [9.17, 15) is 18.0 Å². The second-order valence-corrected chi connectivity index (χ2v) is 19.9. The molecule has 268 valence electrons. The normalized spacial score (nSPS) is 23.0. The van der Waals surface area contributed by atoms with Gasteiger partial charge in [-0.2, -0.15) is 4.72 Å². The minimum atomic E-state index is -3.99. The molecule has 1 unspecified atom stereocenters. The Kier molecular flexibility index (Phi) is 10.2. The molecule has 11 heteroatoms. The summed E-state index contributed by atoms with van der Waals surface area (Å²) in [4.78, 5) is 31.5. The number of rotatable bonds is 10. The lowest BCUT2D eigenvalue weighted by atomic mass is 9.75. The van der Waals surface area contributed by atoms with Gasteiger partial charge in [-0.25, -0.2) is 8.42 Å². The minimum absolute atomic E-state index is 0.0323. The SMILES string of the molecule is CC(C)(C)C(O[SiH](c1ccccc1)c1ccccc1)[C@H]1C[C@@H]2CC[C@H]1N2C(=O)CN1CCC[C@H](NS(=O)(=O)c2ccc3cc(Cl)ccc3c2)C1=O. The van der Waals surface area contributed by atoms with Gasteiger partial charge < -0.3 is 14.2 Å². The van der Waals surface area contributed by atoms with Crippen molar-refractivity contribution in [1.29, 1.82) is 0 Å². The molecule has 0 saturated carbocycles. The number of amides is 2. The molecule has 5 atom stereocenters. The van der Waals surface area contributed by atoms with Crippen molar-refractivity contribution >= 4 is 63.6 Å². The van der Waals surface area contributed by atoms with Crippen molar-refractivity contribution in [3.05, 3.63) is 102 Å². The van der Waals surface area contributed by atoms with Gasteiger partial charge in [0.15, 0.2) is 0 Å². The molecule has 3 heterocycles. The molecular formula is C40H46ClN3O5SSi. The zero-order chi connectivity index (χ0) is 35.9. The molecule has 0 spiro atoms. The third-order valence-electron chi connectivity index (χ3n) is 10.8. The number of hydrogen-bond donors (Lipinski definition) is 1. The Hall–Kier alpha value is -3.54. The first-order valence-electron chi connectivity index (χ1n) is 18.0. The number of benzene rings is 4. The fraction of sp³-hybridized carbons (Fsp3) is 0.400. The zero-order valence-electron chi connectivity index (χ0n) is 29.4. The van der Waals surface area contributed by atoms with Crippen LogP contribution in [0.2, 0.25) is 5.02 Å². The predicted octanol–water partition coefficient (Wildman–Crippen LogP) is 5.11. The molecule has 4 aromatic rings. The first kappa shape index (κ1) is 35.8. The number of fused-ring (bicyclic) bond motifs is 3. The van der Waals surface area contributed by atoms with E-state index in [0.717, 1.165) is 30.0 Å². The molecule has 1 N–H and O–H groups in total. The van der Waals surface area contributed by atoms with E-state index in [1.54, 1.807) is 35.2 Å². The monoisotopic (exact) mass is 743 g/mol. The molecular weight excluding hydrogens is 698 g/mol. The van der Waals surface area contributed by atoms with E-state index in [4.69, 9.17) is 16.0 Å². The first-order chi connectivity index (χ1) is 24.4. The number of hydrogen-bond acceptors (Lipinski definition) is 5. The second-order valence-electron chi connectivity index (χ2n) is 15.4.